The highest BCUT2D eigenvalue weighted by molar-refractivity contribution is 5.78. The average molecular weight is 242 g/mol. The van der Waals surface area contributed by atoms with E-state index in [4.69, 9.17) is 4.74 Å². The standard InChI is InChI=1S/C10H18N4O3/c1-10(9(15)16,4-5-17-3)11-6-8-13-12-7-14(8)2/h7,11H,4-6H2,1-3H3,(H,15,16). The minimum atomic E-state index is -1.03. The van der Waals surface area contributed by atoms with Crippen LogP contribution in [0.5, 0.6) is 0 Å². The van der Waals surface area contributed by atoms with Crippen molar-refractivity contribution < 1.29 is 14.6 Å². The smallest absolute Gasteiger partial charge is 0.323 e. The summed E-state index contributed by atoms with van der Waals surface area (Å²) in [5.41, 5.74) is -1.03. The van der Waals surface area contributed by atoms with Crippen molar-refractivity contribution in [3.63, 3.8) is 0 Å². The van der Waals surface area contributed by atoms with E-state index in [1.54, 1.807) is 24.9 Å². The van der Waals surface area contributed by atoms with Crippen LogP contribution in [0.25, 0.3) is 0 Å². The molecule has 1 heterocycles. The quantitative estimate of drug-likeness (QED) is 0.687. The van der Waals surface area contributed by atoms with Crippen LogP contribution < -0.4 is 5.32 Å². The number of nitrogens with one attached hydrogen (secondary N) is 1. The van der Waals surface area contributed by atoms with Gasteiger partial charge in [0.1, 0.15) is 17.7 Å². The summed E-state index contributed by atoms with van der Waals surface area (Å²) in [6, 6.07) is 0. The number of carboxylic acids is 1. The highest BCUT2D eigenvalue weighted by Gasteiger charge is 2.32. The van der Waals surface area contributed by atoms with E-state index in [1.807, 2.05) is 7.05 Å². The summed E-state index contributed by atoms with van der Waals surface area (Å²) in [7, 11) is 3.36. The molecule has 17 heavy (non-hydrogen) atoms. The first kappa shape index (κ1) is 13.6. The van der Waals surface area contributed by atoms with E-state index in [2.05, 4.69) is 15.5 Å². The number of nitrogens with zero attached hydrogens (tertiary/aromatic N) is 3. The Morgan fingerprint density at radius 3 is 2.88 bits per heavy atom. The predicted molar refractivity (Wildman–Crippen MR) is 60.4 cm³/mol. The number of aliphatic carboxylic acids is 1. The fourth-order valence-corrected chi connectivity index (χ4v) is 1.32. The van der Waals surface area contributed by atoms with Crippen molar-refractivity contribution in [3.05, 3.63) is 12.2 Å². The summed E-state index contributed by atoms with van der Waals surface area (Å²) in [4.78, 5) is 11.2. The highest BCUT2D eigenvalue weighted by atomic mass is 16.5. The molecule has 0 saturated heterocycles. The van der Waals surface area contributed by atoms with Crippen LogP contribution in [0.4, 0.5) is 0 Å². The third kappa shape index (κ3) is 3.50. The van der Waals surface area contributed by atoms with Gasteiger partial charge in [-0.2, -0.15) is 0 Å². The second-order valence-electron chi connectivity index (χ2n) is 4.09. The first-order valence-corrected chi connectivity index (χ1v) is 5.30. The van der Waals surface area contributed by atoms with Crippen molar-refractivity contribution in [1.82, 2.24) is 20.1 Å². The third-order valence-electron chi connectivity index (χ3n) is 2.72. The molecule has 1 aromatic rings. The minimum absolute atomic E-state index is 0.350. The SMILES string of the molecule is COCCC(C)(NCc1nncn1C)C(=O)O. The molecule has 7 heteroatoms. The number of hydrogen-bond acceptors (Lipinski definition) is 5. The van der Waals surface area contributed by atoms with Gasteiger partial charge in [-0.05, 0) is 13.3 Å². The molecule has 0 aliphatic rings. The van der Waals surface area contributed by atoms with Crippen LogP contribution in [0.1, 0.15) is 19.2 Å². The molecule has 0 aliphatic heterocycles. The first-order chi connectivity index (χ1) is 7.99. The molecule has 0 fully saturated rings. The van der Waals surface area contributed by atoms with Gasteiger partial charge in [-0.1, -0.05) is 0 Å². The van der Waals surface area contributed by atoms with Gasteiger partial charge >= 0.3 is 5.97 Å². The van der Waals surface area contributed by atoms with E-state index in [0.29, 0.717) is 25.4 Å². The van der Waals surface area contributed by atoms with Gasteiger partial charge in [-0.25, -0.2) is 0 Å². The van der Waals surface area contributed by atoms with Crippen molar-refractivity contribution >= 4 is 5.97 Å². The number of rotatable bonds is 7. The van der Waals surface area contributed by atoms with Crippen molar-refractivity contribution in [2.75, 3.05) is 13.7 Å². The van der Waals surface area contributed by atoms with E-state index >= 15 is 0 Å². The average Bonchev–Trinajstić information content (AvgIpc) is 2.69. The molecule has 0 spiro atoms. The number of hydrogen-bond donors (Lipinski definition) is 2. The number of methoxy groups -OCH3 is 1. The zero-order chi connectivity index (χ0) is 12.9. The van der Waals surface area contributed by atoms with E-state index in [-0.39, 0.29) is 0 Å². The van der Waals surface area contributed by atoms with Crippen molar-refractivity contribution in [2.45, 2.75) is 25.4 Å². The Bertz CT molecular complexity index is 379. The minimum Gasteiger partial charge on any atom is -0.480 e. The molecular weight excluding hydrogens is 224 g/mol. The number of aromatic nitrogens is 3. The van der Waals surface area contributed by atoms with Crippen molar-refractivity contribution in [2.24, 2.45) is 7.05 Å². The van der Waals surface area contributed by atoms with Gasteiger partial charge in [0.25, 0.3) is 0 Å². The van der Waals surface area contributed by atoms with Crippen LogP contribution in [-0.4, -0.2) is 45.1 Å². The van der Waals surface area contributed by atoms with Crippen molar-refractivity contribution in [3.8, 4) is 0 Å². The summed E-state index contributed by atoms with van der Waals surface area (Å²) in [6.07, 6.45) is 1.96. The van der Waals surface area contributed by atoms with Gasteiger partial charge in [0, 0.05) is 20.8 Å². The maximum absolute atomic E-state index is 11.2. The lowest BCUT2D eigenvalue weighted by Gasteiger charge is -2.25. The Morgan fingerprint density at radius 1 is 1.71 bits per heavy atom. The molecular formula is C10H18N4O3. The Kier molecular flexibility index (Phi) is 4.59. The maximum Gasteiger partial charge on any atom is 0.323 e. The Morgan fingerprint density at radius 2 is 2.41 bits per heavy atom. The van der Waals surface area contributed by atoms with E-state index in [0.717, 1.165) is 0 Å². The van der Waals surface area contributed by atoms with E-state index in [1.165, 1.54) is 0 Å². The second-order valence-corrected chi connectivity index (χ2v) is 4.09. The third-order valence-corrected chi connectivity index (χ3v) is 2.72. The summed E-state index contributed by atoms with van der Waals surface area (Å²) < 4.78 is 6.65. The van der Waals surface area contributed by atoms with Gasteiger partial charge in [-0.3, -0.25) is 10.1 Å². The maximum atomic E-state index is 11.2. The number of ether oxygens (including phenoxy) is 1. The van der Waals surface area contributed by atoms with Gasteiger partial charge < -0.3 is 14.4 Å². The monoisotopic (exact) mass is 242 g/mol. The normalized spacial score (nSPS) is 14.5. The number of carbonyl (C=O) groups is 1. The van der Waals surface area contributed by atoms with Crippen LogP contribution >= 0.6 is 0 Å². The lowest BCUT2D eigenvalue weighted by Crippen LogP contribution is -2.50. The fourth-order valence-electron chi connectivity index (χ4n) is 1.32. The summed E-state index contributed by atoms with van der Waals surface area (Å²) in [6.45, 7) is 2.36. The molecule has 0 aliphatic carbocycles. The van der Waals surface area contributed by atoms with Crippen LogP contribution in [0.15, 0.2) is 6.33 Å². The zero-order valence-electron chi connectivity index (χ0n) is 10.3. The Labute approximate surface area is 99.8 Å². The molecule has 1 rings (SSSR count). The van der Waals surface area contributed by atoms with Crippen molar-refractivity contribution in [1.29, 1.82) is 0 Å². The highest BCUT2D eigenvalue weighted by Crippen LogP contribution is 2.11. The summed E-state index contributed by atoms with van der Waals surface area (Å²) in [5.74, 6) is -0.216. The summed E-state index contributed by atoms with van der Waals surface area (Å²) in [5, 5.41) is 19.8. The molecule has 96 valence electrons. The number of aryl methyl sites for hydroxylation is 1. The van der Waals surface area contributed by atoms with Crippen LogP contribution in [-0.2, 0) is 23.1 Å². The van der Waals surface area contributed by atoms with Crippen LogP contribution in [0, 0.1) is 0 Å². The molecule has 7 nitrogen and oxygen atoms in total. The van der Waals surface area contributed by atoms with Gasteiger partial charge in [0.15, 0.2) is 0 Å². The van der Waals surface area contributed by atoms with Gasteiger partial charge in [-0.15, -0.1) is 10.2 Å². The molecule has 1 atom stereocenters. The number of carboxylic acid groups (broad SMARTS) is 1. The molecule has 2 N–H and O–H groups in total. The lowest BCUT2D eigenvalue weighted by molar-refractivity contribution is -0.145. The lowest BCUT2D eigenvalue weighted by atomic mass is 9.98. The summed E-state index contributed by atoms with van der Waals surface area (Å²) >= 11 is 0. The topological polar surface area (TPSA) is 89.3 Å². The largest absolute Gasteiger partial charge is 0.480 e. The second kappa shape index (κ2) is 5.74. The fraction of sp³-hybridized carbons (Fsp3) is 0.700. The molecule has 0 aromatic carbocycles. The van der Waals surface area contributed by atoms with E-state index < -0.39 is 11.5 Å². The zero-order valence-corrected chi connectivity index (χ0v) is 10.3. The Hall–Kier alpha value is -1.47. The van der Waals surface area contributed by atoms with Crippen LogP contribution in [0.2, 0.25) is 0 Å². The predicted octanol–water partition coefficient (Wildman–Crippen LogP) is -0.215. The van der Waals surface area contributed by atoms with Gasteiger partial charge in [0.2, 0.25) is 0 Å². The molecule has 0 radical (unpaired) electrons. The van der Waals surface area contributed by atoms with E-state index in [9.17, 15) is 9.90 Å². The molecule has 1 aromatic heterocycles. The molecule has 1 unspecified atom stereocenters. The molecule has 0 amide bonds. The first-order valence-electron chi connectivity index (χ1n) is 5.30. The van der Waals surface area contributed by atoms with Gasteiger partial charge in [0.05, 0.1) is 6.54 Å². The Balaban J connectivity index is 2.61. The molecule has 0 saturated carbocycles. The van der Waals surface area contributed by atoms with Crippen LogP contribution in [0.3, 0.4) is 0 Å². The molecule has 0 bridgehead atoms.